The van der Waals surface area contributed by atoms with Crippen LogP contribution >= 0.6 is 0 Å². The van der Waals surface area contributed by atoms with Gasteiger partial charge in [-0.05, 0) is 57.4 Å². The topological polar surface area (TPSA) is 87.0 Å². The van der Waals surface area contributed by atoms with E-state index in [1.54, 1.807) is 6.92 Å². The summed E-state index contributed by atoms with van der Waals surface area (Å²) in [5.41, 5.74) is 0.540. The summed E-state index contributed by atoms with van der Waals surface area (Å²) in [7, 11) is 1.28. The number of ether oxygens (including phenoxy) is 1. The fourth-order valence-corrected chi connectivity index (χ4v) is 2.24. The molecule has 5 heteroatoms. The van der Waals surface area contributed by atoms with Crippen molar-refractivity contribution < 1.29 is 24.9 Å². The number of methoxy groups -OCH3 is 1. The van der Waals surface area contributed by atoms with Crippen molar-refractivity contribution >= 4 is 5.97 Å². The molecule has 0 amide bonds. The molecule has 0 heterocycles. The minimum absolute atomic E-state index is 0.0307. The summed E-state index contributed by atoms with van der Waals surface area (Å²) in [4.78, 5) is 11.5. The summed E-state index contributed by atoms with van der Waals surface area (Å²) in [6.07, 6.45) is 2.03. The fourth-order valence-electron chi connectivity index (χ4n) is 2.24. The number of aliphatic hydroxyl groups is 2. The van der Waals surface area contributed by atoms with Crippen LogP contribution < -0.4 is 0 Å². The molecule has 0 radical (unpaired) electrons. The maximum absolute atomic E-state index is 11.5. The molecule has 0 aliphatic carbocycles. The molecule has 23 heavy (non-hydrogen) atoms. The van der Waals surface area contributed by atoms with E-state index < -0.39 is 17.7 Å². The second kappa shape index (κ2) is 8.13. The Kier molecular flexibility index (Phi) is 6.79. The molecule has 3 N–H and O–H groups in total. The molecule has 0 bridgehead atoms. The van der Waals surface area contributed by atoms with E-state index in [1.165, 1.54) is 25.3 Å². The van der Waals surface area contributed by atoms with Gasteiger partial charge >= 0.3 is 5.97 Å². The Morgan fingerprint density at radius 2 is 2.04 bits per heavy atom. The lowest BCUT2D eigenvalue weighted by molar-refractivity contribution is -0.0656. The molecule has 128 valence electrons. The lowest BCUT2D eigenvalue weighted by atomic mass is 9.88. The molecular formula is C18H26O5. The summed E-state index contributed by atoms with van der Waals surface area (Å²) in [6, 6.07) is 4.30. The minimum atomic E-state index is -1.29. The molecule has 0 spiro atoms. The predicted octanol–water partition coefficient (Wildman–Crippen LogP) is 2.58. The third-order valence-corrected chi connectivity index (χ3v) is 3.83. The Balaban J connectivity index is 2.85. The van der Waals surface area contributed by atoms with Gasteiger partial charge in [0.15, 0.2) is 0 Å². The lowest BCUT2D eigenvalue weighted by Crippen LogP contribution is -2.40. The normalized spacial score (nSPS) is 14.7. The van der Waals surface area contributed by atoms with Crippen molar-refractivity contribution in [3.05, 3.63) is 41.0 Å². The van der Waals surface area contributed by atoms with Gasteiger partial charge in [0.2, 0.25) is 0 Å². The van der Waals surface area contributed by atoms with Crippen molar-refractivity contribution in [3.63, 3.8) is 0 Å². The quantitative estimate of drug-likeness (QED) is 0.530. The maximum Gasteiger partial charge on any atom is 0.337 e. The number of phenols is 1. The molecule has 0 fully saturated rings. The van der Waals surface area contributed by atoms with Gasteiger partial charge in [-0.2, -0.15) is 0 Å². The third-order valence-electron chi connectivity index (χ3n) is 3.83. The predicted molar refractivity (Wildman–Crippen MR) is 88.4 cm³/mol. The van der Waals surface area contributed by atoms with Crippen molar-refractivity contribution in [2.45, 2.75) is 51.7 Å². The largest absolute Gasteiger partial charge is 0.508 e. The van der Waals surface area contributed by atoms with Crippen LogP contribution in [0, 0.1) is 0 Å². The molecule has 0 aliphatic heterocycles. The molecule has 5 nitrogen and oxygen atoms in total. The minimum Gasteiger partial charge on any atom is -0.508 e. The Morgan fingerprint density at radius 3 is 2.61 bits per heavy atom. The summed E-state index contributed by atoms with van der Waals surface area (Å²) in [5, 5.41) is 30.6. The molecule has 1 aromatic carbocycles. The van der Waals surface area contributed by atoms with Crippen molar-refractivity contribution in [1.82, 2.24) is 0 Å². The summed E-state index contributed by atoms with van der Waals surface area (Å²) >= 11 is 0. The van der Waals surface area contributed by atoms with E-state index in [0.717, 1.165) is 5.57 Å². The average Bonchev–Trinajstić information content (AvgIpc) is 2.47. The van der Waals surface area contributed by atoms with Crippen molar-refractivity contribution in [2.75, 3.05) is 7.11 Å². The Morgan fingerprint density at radius 1 is 1.39 bits per heavy atom. The van der Waals surface area contributed by atoms with Gasteiger partial charge in [-0.3, -0.25) is 0 Å². The van der Waals surface area contributed by atoms with E-state index in [4.69, 9.17) is 0 Å². The van der Waals surface area contributed by atoms with E-state index in [-0.39, 0.29) is 17.7 Å². The van der Waals surface area contributed by atoms with Crippen LogP contribution in [0.1, 0.15) is 49.5 Å². The van der Waals surface area contributed by atoms with E-state index in [9.17, 15) is 20.1 Å². The lowest BCUT2D eigenvalue weighted by Gasteiger charge is -2.29. The number of hydrogen-bond donors (Lipinski definition) is 3. The number of hydrogen-bond acceptors (Lipinski definition) is 5. The van der Waals surface area contributed by atoms with Gasteiger partial charge in [0, 0.05) is 6.42 Å². The summed E-state index contributed by atoms with van der Waals surface area (Å²) in [6.45, 7) is 5.51. The molecule has 2 atom stereocenters. The van der Waals surface area contributed by atoms with Crippen LogP contribution in [0.25, 0.3) is 0 Å². The first-order valence-electron chi connectivity index (χ1n) is 7.61. The van der Waals surface area contributed by atoms with Crippen LogP contribution in [-0.2, 0) is 11.2 Å². The second-order valence-corrected chi connectivity index (χ2v) is 6.23. The molecule has 0 aromatic heterocycles. The van der Waals surface area contributed by atoms with Gasteiger partial charge in [-0.1, -0.05) is 11.6 Å². The maximum atomic E-state index is 11.5. The first-order valence-corrected chi connectivity index (χ1v) is 7.61. The SMILES string of the molecule is COC(=O)c1ccc(O)c(CC(O)C(C)(O)CCC=C(C)C)c1. The average molecular weight is 322 g/mol. The summed E-state index contributed by atoms with van der Waals surface area (Å²) in [5.74, 6) is -0.548. The first-order chi connectivity index (χ1) is 10.7. The third kappa shape index (κ3) is 5.69. The van der Waals surface area contributed by atoms with Crippen molar-refractivity contribution in [2.24, 2.45) is 0 Å². The second-order valence-electron chi connectivity index (χ2n) is 6.23. The molecule has 1 aromatic rings. The van der Waals surface area contributed by atoms with E-state index in [1.807, 2.05) is 19.9 Å². The van der Waals surface area contributed by atoms with Gasteiger partial charge in [-0.15, -0.1) is 0 Å². The van der Waals surface area contributed by atoms with Crippen molar-refractivity contribution in [1.29, 1.82) is 0 Å². The number of carbonyl (C=O) groups is 1. The molecule has 2 unspecified atom stereocenters. The highest BCUT2D eigenvalue weighted by Crippen LogP contribution is 2.26. The molecule has 1 rings (SSSR count). The number of aromatic hydroxyl groups is 1. The van der Waals surface area contributed by atoms with Gasteiger partial charge in [-0.25, -0.2) is 4.79 Å². The zero-order valence-electron chi connectivity index (χ0n) is 14.2. The molecule has 0 saturated carbocycles. The van der Waals surface area contributed by atoms with Gasteiger partial charge in [0.1, 0.15) is 5.75 Å². The number of esters is 1. The van der Waals surface area contributed by atoms with Crippen molar-refractivity contribution in [3.8, 4) is 5.75 Å². The number of carbonyl (C=O) groups excluding carboxylic acids is 1. The standard InChI is InChI=1S/C18H26O5/c1-12(2)6-5-9-18(3,22)16(20)11-14-10-13(17(21)23-4)7-8-15(14)19/h6-8,10,16,19-20,22H,5,9,11H2,1-4H3. The zero-order chi connectivity index (χ0) is 17.6. The van der Waals surface area contributed by atoms with Crippen LogP contribution in [0.5, 0.6) is 5.75 Å². The van der Waals surface area contributed by atoms with Crippen LogP contribution in [0.3, 0.4) is 0 Å². The molecule has 0 saturated heterocycles. The van der Waals surface area contributed by atoms with Crippen LogP contribution in [0.4, 0.5) is 0 Å². The van der Waals surface area contributed by atoms with E-state index in [2.05, 4.69) is 4.74 Å². The van der Waals surface area contributed by atoms with E-state index >= 15 is 0 Å². The Bertz CT molecular complexity index is 571. The summed E-state index contributed by atoms with van der Waals surface area (Å²) < 4.78 is 4.64. The van der Waals surface area contributed by atoms with Crippen LogP contribution in [0.15, 0.2) is 29.8 Å². The highest BCUT2D eigenvalue weighted by atomic mass is 16.5. The monoisotopic (exact) mass is 322 g/mol. The number of allylic oxidation sites excluding steroid dienone is 2. The number of benzene rings is 1. The number of rotatable bonds is 7. The number of phenolic OH excluding ortho intramolecular Hbond substituents is 1. The highest BCUT2D eigenvalue weighted by molar-refractivity contribution is 5.89. The van der Waals surface area contributed by atoms with Gasteiger partial charge in [0.25, 0.3) is 0 Å². The Labute approximate surface area is 137 Å². The smallest absolute Gasteiger partial charge is 0.337 e. The molecular weight excluding hydrogens is 296 g/mol. The van der Waals surface area contributed by atoms with Gasteiger partial charge < -0.3 is 20.1 Å². The number of aliphatic hydroxyl groups excluding tert-OH is 1. The van der Waals surface area contributed by atoms with Crippen LogP contribution in [0.2, 0.25) is 0 Å². The zero-order valence-corrected chi connectivity index (χ0v) is 14.2. The van der Waals surface area contributed by atoms with E-state index in [0.29, 0.717) is 18.4 Å². The first kappa shape index (κ1) is 19.2. The fraction of sp³-hybridized carbons (Fsp3) is 0.500. The highest BCUT2D eigenvalue weighted by Gasteiger charge is 2.30. The van der Waals surface area contributed by atoms with Gasteiger partial charge in [0.05, 0.1) is 24.4 Å². The van der Waals surface area contributed by atoms with Crippen LogP contribution in [-0.4, -0.2) is 40.1 Å². The molecule has 0 aliphatic rings. The Hall–Kier alpha value is -1.85.